The fourth-order valence-electron chi connectivity index (χ4n) is 3.47. The number of aliphatic hydroxyl groups is 1. The van der Waals surface area contributed by atoms with E-state index in [1.54, 1.807) is 18.2 Å². The van der Waals surface area contributed by atoms with Gasteiger partial charge in [0.2, 0.25) is 0 Å². The number of rotatable bonds is 10. The largest absolute Gasteiger partial charge is 0.497 e. The topological polar surface area (TPSA) is 177 Å². The van der Waals surface area contributed by atoms with Gasteiger partial charge in [-0.05, 0) is 18.2 Å². The molecule has 0 aromatic heterocycles. The van der Waals surface area contributed by atoms with Gasteiger partial charge in [0, 0.05) is 24.6 Å². The second kappa shape index (κ2) is 13.0. The number of benzene rings is 2. The maximum Gasteiger partial charge on any atom is 0.295 e. The van der Waals surface area contributed by atoms with Crippen molar-refractivity contribution in [2.45, 2.75) is 12.6 Å². The van der Waals surface area contributed by atoms with Crippen LogP contribution in [0.3, 0.4) is 0 Å². The zero-order valence-electron chi connectivity index (χ0n) is 22.1. The molecular formula is C24H32ClN7O7+2. The Morgan fingerprint density at radius 3 is 2.51 bits per heavy atom. The summed E-state index contributed by atoms with van der Waals surface area (Å²) in [7, 11) is 8.41. The van der Waals surface area contributed by atoms with Gasteiger partial charge in [-0.25, -0.2) is 5.43 Å². The molecule has 210 valence electrons. The summed E-state index contributed by atoms with van der Waals surface area (Å²) in [5.41, 5.74) is 3.10. The molecule has 2 amide bonds. The number of quaternary nitrogens is 1. The first-order valence-corrected chi connectivity index (χ1v) is 11.4. The molecule has 14 nitrogen and oxygen atoms in total. The number of likely N-dealkylation sites (N-methyl/N-ethyl adjacent to an activating group) is 1. The highest BCUT2D eigenvalue weighted by Gasteiger charge is 2.26. The number of anilines is 2. The normalized spacial score (nSPS) is 14.6. The Hall–Kier alpha value is -4.27. The Kier molecular flexibility index (Phi) is 10.3. The first-order chi connectivity index (χ1) is 17.9. The minimum Gasteiger partial charge on any atom is -0.497 e. The minimum atomic E-state index is -1.36. The molecule has 4 N–H and O–H groups in total. The van der Waals surface area contributed by atoms with E-state index in [0.717, 1.165) is 0 Å². The molecule has 1 aliphatic rings. The number of nitrogens with zero attached hydrogens (tertiary/aromatic N) is 4. The second-order valence-corrected chi connectivity index (χ2v) is 9.35. The molecule has 1 atom stereocenters. The van der Waals surface area contributed by atoms with Gasteiger partial charge in [0.25, 0.3) is 17.5 Å². The van der Waals surface area contributed by atoms with Crippen LogP contribution in [-0.4, -0.2) is 85.9 Å². The maximum atomic E-state index is 13.3. The van der Waals surface area contributed by atoms with E-state index in [1.807, 2.05) is 21.1 Å². The predicted molar refractivity (Wildman–Crippen MR) is 144 cm³/mol. The molecule has 1 heterocycles. The van der Waals surface area contributed by atoms with Gasteiger partial charge in [-0.15, -0.1) is 0 Å². The van der Waals surface area contributed by atoms with Crippen LogP contribution in [0.4, 0.5) is 22.7 Å². The Morgan fingerprint density at radius 1 is 1.18 bits per heavy atom. The van der Waals surface area contributed by atoms with Gasteiger partial charge in [0.1, 0.15) is 17.2 Å². The number of aliphatic hydroxyl groups excluding tert-OH is 1. The number of carbonyl (C=O) groups excluding carboxylic acids is 2. The van der Waals surface area contributed by atoms with E-state index < -0.39 is 23.0 Å². The number of ether oxygens (including phenoxy) is 2. The molecule has 0 bridgehead atoms. The van der Waals surface area contributed by atoms with Gasteiger partial charge >= 0.3 is 0 Å². The molecule has 2 aromatic carbocycles. The Morgan fingerprint density at radius 2 is 1.90 bits per heavy atom. The molecule has 0 saturated carbocycles. The lowest BCUT2D eigenvalue weighted by Crippen LogP contribution is -2.43. The Labute approximate surface area is 230 Å². The number of aliphatic imine (C=N–C) groups is 1. The smallest absolute Gasteiger partial charge is 0.295 e. The summed E-state index contributed by atoms with van der Waals surface area (Å²) >= 11 is 0. The van der Waals surface area contributed by atoms with Crippen LogP contribution in [0.25, 0.3) is 0 Å². The fourth-order valence-corrected chi connectivity index (χ4v) is 3.47. The number of non-ortho nitro benzene ring substituents is 1. The fraction of sp³-hybridized carbons (Fsp3) is 0.333. The van der Waals surface area contributed by atoms with Crippen molar-refractivity contribution in [2.24, 2.45) is 10.1 Å². The van der Waals surface area contributed by atoms with Gasteiger partial charge < -0.3 is 29.7 Å². The lowest BCUT2D eigenvalue weighted by atomic mass is 10.1. The lowest BCUT2D eigenvalue weighted by molar-refractivity contribution is -0.862. The number of fused-ring (bicyclic) bond motifs is 1. The van der Waals surface area contributed by atoms with E-state index in [0.29, 0.717) is 27.4 Å². The summed E-state index contributed by atoms with van der Waals surface area (Å²) in [4.78, 5) is 40.5. The number of hydrazone groups is 1. The van der Waals surface area contributed by atoms with E-state index >= 15 is 0 Å². The van der Waals surface area contributed by atoms with E-state index in [9.17, 15) is 24.8 Å². The van der Waals surface area contributed by atoms with Gasteiger partial charge in [0.05, 0.1) is 75.5 Å². The van der Waals surface area contributed by atoms with E-state index in [-0.39, 0.29) is 48.2 Å². The number of carbonyl (C=O) groups is 2. The van der Waals surface area contributed by atoms with Crippen LogP contribution in [0.15, 0.2) is 46.5 Å². The highest BCUT2D eigenvalue weighted by molar-refractivity contribution is 6.46. The quantitative estimate of drug-likeness (QED) is 0.143. The van der Waals surface area contributed by atoms with Crippen molar-refractivity contribution in [1.82, 2.24) is 5.43 Å². The average molecular weight is 566 g/mol. The molecule has 0 aliphatic carbocycles. The Balaban J connectivity index is 0.00000533. The maximum absolute atomic E-state index is 13.3. The van der Waals surface area contributed by atoms with Crippen LogP contribution in [-0.2, 0) is 9.59 Å². The molecular weight excluding hydrogens is 534 g/mol. The summed E-state index contributed by atoms with van der Waals surface area (Å²) in [5.74, 6) is -0.250. The first kappa shape index (κ1) is 31.0. The third-order valence-corrected chi connectivity index (χ3v) is 5.26. The third-order valence-electron chi connectivity index (χ3n) is 5.26. The molecule has 39 heavy (non-hydrogen) atoms. The van der Waals surface area contributed by atoms with E-state index in [4.69, 9.17) is 9.47 Å². The molecule has 0 radical (unpaired) electrons. The monoisotopic (exact) mass is 565 g/mol. The first-order valence-electron chi connectivity index (χ1n) is 11.4. The number of amides is 2. The van der Waals surface area contributed by atoms with Crippen LogP contribution in [0, 0.1) is 22.5 Å². The molecule has 3 rings (SSSR count). The minimum absolute atomic E-state index is 0. The number of halogens is 1. The molecule has 1 aliphatic heterocycles. The number of methoxy groups -OCH3 is 2. The van der Waals surface area contributed by atoms with Gasteiger partial charge in [0.15, 0.2) is 12.8 Å². The zero-order valence-corrected chi connectivity index (χ0v) is 23.0. The van der Waals surface area contributed by atoms with Crippen molar-refractivity contribution in [1.29, 1.82) is 0 Å². The SMILES string of the molecule is COc1ccc(NC(=O)/C(CC2=Nc3ccc([N+](=O)[O-])cc3NC2O)=N\NC(=O)C[N+](C)(C)C)c(OC)c1.[ClH2+]. The van der Waals surface area contributed by atoms with Gasteiger partial charge in [-0.2, -0.15) is 5.10 Å². The standard InChI is InChI=1S/C24H29N7O7.ClH2/c1-31(2,3)13-22(32)29-28-20(24(34)26-17-9-7-15(37-4)11-21(17)38-5)12-19-23(33)27-18-10-14(30(35)36)6-8-16(18)25-19;/h6-11,23,27,33H,12-13H2,1-5H3,(H-,26,29,32,34);1H2/q;+1/p+1. The second-order valence-electron chi connectivity index (χ2n) is 9.35. The van der Waals surface area contributed by atoms with Crippen molar-refractivity contribution >= 4 is 46.0 Å². The van der Waals surface area contributed by atoms with Crippen LogP contribution < -0.4 is 25.5 Å². The van der Waals surface area contributed by atoms with Crippen molar-refractivity contribution in [3.05, 3.63) is 46.5 Å². The van der Waals surface area contributed by atoms with Crippen molar-refractivity contribution < 1.29 is 46.0 Å². The van der Waals surface area contributed by atoms with Crippen molar-refractivity contribution in [3.8, 4) is 11.5 Å². The molecule has 0 saturated heterocycles. The lowest BCUT2D eigenvalue weighted by Gasteiger charge is -2.23. The summed E-state index contributed by atoms with van der Waals surface area (Å²) < 4.78 is 10.8. The van der Waals surface area contributed by atoms with Crippen LogP contribution >= 0.6 is 0 Å². The highest BCUT2D eigenvalue weighted by Crippen LogP contribution is 2.33. The molecule has 0 fully saturated rings. The predicted octanol–water partition coefficient (Wildman–Crippen LogP) is 1.10. The van der Waals surface area contributed by atoms with Crippen molar-refractivity contribution in [2.75, 3.05) is 52.5 Å². The summed E-state index contributed by atoms with van der Waals surface area (Å²) in [6.45, 7) is 0.0992. The van der Waals surface area contributed by atoms with E-state index in [1.165, 1.54) is 32.4 Å². The Bertz CT molecular complexity index is 1310. The molecule has 2 aromatic rings. The van der Waals surface area contributed by atoms with Crippen LogP contribution in [0.5, 0.6) is 11.5 Å². The summed E-state index contributed by atoms with van der Waals surface area (Å²) in [6, 6.07) is 8.76. The summed E-state index contributed by atoms with van der Waals surface area (Å²) in [6.07, 6.45) is -1.61. The highest BCUT2D eigenvalue weighted by atomic mass is 35.5. The third kappa shape index (κ3) is 8.36. The zero-order chi connectivity index (χ0) is 28.0. The molecule has 1 unspecified atom stereocenters. The molecule has 15 heteroatoms. The van der Waals surface area contributed by atoms with Crippen LogP contribution in [0.2, 0.25) is 0 Å². The number of nitrogens with one attached hydrogen (secondary N) is 3. The number of hydrogen-bond acceptors (Lipinski definition) is 10. The number of hydrogen-bond donors (Lipinski definition) is 4. The van der Waals surface area contributed by atoms with Gasteiger partial charge in [-0.3, -0.25) is 24.7 Å². The average Bonchev–Trinajstić information content (AvgIpc) is 2.85. The number of nitro groups is 1. The molecule has 0 spiro atoms. The number of nitro benzene ring substituents is 1. The van der Waals surface area contributed by atoms with Gasteiger partial charge in [-0.1, -0.05) is 0 Å². The van der Waals surface area contributed by atoms with Crippen molar-refractivity contribution in [3.63, 3.8) is 0 Å². The van der Waals surface area contributed by atoms with Crippen LogP contribution in [0.1, 0.15) is 6.42 Å². The van der Waals surface area contributed by atoms with E-state index in [2.05, 4.69) is 26.2 Å². The summed E-state index contributed by atoms with van der Waals surface area (Å²) in [5, 5.41) is 31.1.